The molecular formula is C11H20N4. The second-order valence-electron chi connectivity index (χ2n) is 3.85. The van der Waals surface area contributed by atoms with E-state index < -0.39 is 0 Å². The van der Waals surface area contributed by atoms with Crippen LogP contribution in [0.25, 0.3) is 0 Å². The van der Waals surface area contributed by atoms with Crippen molar-refractivity contribution < 1.29 is 0 Å². The largest absolute Gasteiger partial charge is 0.394 e. The fourth-order valence-electron chi connectivity index (χ4n) is 1.47. The van der Waals surface area contributed by atoms with E-state index in [9.17, 15) is 0 Å². The molecule has 0 amide bonds. The van der Waals surface area contributed by atoms with Gasteiger partial charge in [0, 0.05) is 13.1 Å². The third-order valence-electron chi connectivity index (χ3n) is 2.63. The second kappa shape index (κ2) is 5.53. The monoisotopic (exact) mass is 208 g/mol. The first-order valence-electron chi connectivity index (χ1n) is 5.49. The van der Waals surface area contributed by atoms with Crippen LogP contribution < -0.4 is 10.6 Å². The van der Waals surface area contributed by atoms with Gasteiger partial charge in [-0.2, -0.15) is 0 Å². The molecule has 4 nitrogen and oxygen atoms in total. The van der Waals surface area contributed by atoms with Crippen molar-refractivity contribution >= 4 is 11.5 Å². The smallest absolute Gasteiger partial charge is 0.155 e. The fourth-order valence-corrected chi connectivity index (χ4v) is 1.47. The zero-order chi connectivity index (χ0) is 11.3. The number of aromatic nitrogens is 2. The standard InChI is InChI=1S/C11H20N4/c1-4-9(3)7-15(5-2)11-10(12)6-13-8-14-11/h6,8-9H,4-5,7,12H2,1-3H3. The maximum atomic E-state index is 5.85. The average Bonchev–Trinajstić information content (AvgIpc) is 2.26. The molecule has 0 spiro atoms. The number of nitrogens with two attached hydrogens (primary N) is 1. The van der Waals surface area contributed by atoms with Crippen LogP contribution in [-0.4, -0.2) is 23.1 Å². The van der Waals surface area contributed by atoms with Gasteiger partial charge in [0.15, 0.2) is 5.82 Å². The van der Waals surface area contributed by atoms with Gasteiger partial charge in [-0.3, -0.25) is 0 Å². The molecule has 1 aromatic heterocycles. The Bertz CT molecular complexity index is 300. The highest BCUT2D eigenvalue weighted by atomic mass is 15.2. The van der Waals surface area contributed by atoms with Crippen molar-refractivity contribution in [1.82, 2.24) is 9.97 Å². The molecule has 15 heavy (non-hydrogen) atoms. The van der Waals surface area contributed by atoms with Crippen LogP contribution in [0.15, 0.2) is 12.5 Å². The van der Waals surface area contributed by atoms with Gasteiger partial charge < -0.3 is 10.6 Å². The van der Waals surface area contributed by atoms with Gasteiger partial charge >= 0.3 is 0 Å². The summed E-state index contributed by atoms with van der Waals surface area (Å²) in [5, 5.41) is 0. The fraction of sp³-hybridized carbons (Fsp3) is 0.636. The molecule has 0 aliphatic heterocycles. The molecule has 0 saturated carbocycles. The van der Waals surface area contributed by atoms with Crippen molar-refractivity contribution in [1.29, 1.82) is 0 Å². The molecule has 84 valence electrons. The number of hydrogen-bond acceptors (Lipinski definition) is 4. The first-order valence-corrected chi connectivity index (χ1v) is 5.49. The molecule has 0 bridgehead atoms. The van der Waals surface area contributed by atoms with Gasteiger partial charge in [0.2, 0.25) is 0 Å². The van der Waals surface area contributed by atoms with Gasteiger partial charge in [0.05, 0.1) is 11.9 Å². The summed E-state index contributed by atoms with van der Waals surface area (Å²) in [5.41, 5.74) is 6.50. The van der Waals surface area contributed by atoms with E-state index in [0.29, 0.717) is 11.6 Å². The van der Waals surface area contributed by atoms with Crippen LogP contribution in [0.4, 0.5) is 11.5 Å². The third kappa shape index (κ3) is 3.08. The quantitative estimate of drug-likeness (QED) is 0.803. The number of nitrogen functional groups attached to an aromatic ring is 1. The molecule has 4 heteroatoms. The van der Waals surface area contributed by atoms with Gasteiger partial charge in [0.25, 0.3) is 0 Å². The molecule has 0 radical (unpaired) electrons. The number of anilines is 2. The van der Waals surface area contributed by atoms with Gasteiger partial charge in [-0.25, -0.2) is 9.97 Å². The lowest BCUT2D eigenvalue weighted by Gasteiger charge is -2.25. The molecular weight excluding hydrogens is 188 g/mol. The Morgan fingerprint density at radius 3 is 2.73 bits per heavy atom. The van der Waals surface area contributed by atoms with Crippen LogP contribution >= 0.6 is 0 Å². The van der Waals surface area contributed by atoms with Crippen LogP contribution in [0.3, 0.4) is 0 Å². The summed E-state index contributed by atoms with van der Waals surface area (Å²) in [4.78, 5) is 10.3. The van der Waals surface area contributed by atoms with Crippen molar-refractivity contribution in [3.8, 4) is 0 Å². The highest BCUT2D eigenvalue weighted by Gasteiger charge is 2.11. The lowest BCUT2D eigenvalue weighted by Crippen LogP contribution is -2.29. The van der Waals surface area contributed by atoms with Crippen molar-refractivity contribution in [2.75, 3.05) is 23.7 Å². The van der Waals surface area contributed by atoms with E-state index in [4.69, 9.17) is 5.73 Å². The normalized spacial score (nSPS) is 12.5. The molecule has 0 aliphatic rings. The van der Waals surface area contributed by atoms with Crippen molar-refractivity contribution in [3.63, 3.8) is 0 Å². The molecule has 0 saturated heterocycles. The molecule has 1 aromatic rings. The van der Waals surface area contributed by atoms with Gasteiger partial charge in [-0.1, -0.05) is 20.3 Å². The Kier molecular flexibility index (Phi) is 4.34. The molecule has 1 unspecified atom stereocenters. The Morgan fingerprint density at radius 2 is 2.20 bits per heavy atom. The minimum Gasteiger partial charge on any atom is -0.394 e. The zero-order valence-corrected chi connectivity index (χ0v) is 9.77. The van der Waals surface area contributed by atoms with Crippen molar-refractivity contribution in [2.45, 2.75) is 27.2 Å². The number of rotatable bonds is 5. The Hall–Kier alpha value is -1.32. The summed E-state index contributed by atoms with van der Waals surface area (Å²) >= 11 is 0. The topological polar surface area (TPSA) is 55.0 Å². The average molecular weight is 208 g/mol. The minimum atomic E-state index is 0.652. The van der Waals surface area contributed by atoms with Crippen LogP contribution in [-0.2, 0) is 0 Å². The maximum Gasteiger partial charge on any atom is 0.155 e. The van der Waals surface area contributed by atoms with E-state index in [2.05, 4.69) is 35.6 Å². The third-order valence-corrected chi connectivity index (χ3v) is 2.63. The Balaban J connectivity index is 2.78. The van der Waals surface area contributed by atoms with Crippen molar-refractivity contribution in [3.05, 3.63) is 12.5 Å². The summed E-state index contributed by atoms with van der Waals surface area (Å²) in [6.07, 6.45) is 4.37. The highest BCUT2D eigenvalue weighted by Crippen LogP contribution is 2.19. The van der Waals surface area contributed by atoms with Crippen LogP contribution in [0.2, 0.25) is 0 Å². The van der Waals surface area contributed by atoms with Crippen molar-refractivity contribution in [2.24, 2.45) is 5.92 Å². The first-order chi connectivity index (χ1) is 7.19. The van der Waals surface area contributed by atoms with E-state index in [1.54, 1.807) is 12.5 Å². The molecule has 1 atom stereocenters. The molecule has 0 aliphatic carbocycles. The van der Waals surface area contributed by atoms with E-state index >= 15 is 0 Å². The maximum absolute atomic E-state index is 5.85. The zero-order valence-electron chi connectivity index (χ0n) is 9.77. The van der Waals surface area contributed by atoms with Crippen LogP contribution in [0.1, 0.15) is 27.2 Å². The Morgan fingerprint density at radius 1 is 1.47 bits per heavy atom. The van der Waals surface area contributed by atoms with Crippen LogP contribution in [0, 0.1) is 5.92 Å². The highest BCUT2D eigenvalue weighted by molar-refractivity contribution is 5.60. The molecule has 1 rings (SSSR count). The van der Waals surface area contributed by atoms with E-state index in [1.165, 1.54) is 6.42 Å². The lowest BCUT2D eigenvalue weighted by molar-refractivity contribution is 0.545. The van der Waals surface area contributed by atoms with E-state index in [-0.39, 0.29) is 0 Å². The predicted molar refractivity (Wildman–Crippen MR) is 63.8 cm³/mol. The summed E-state index contributed by atoms with van der Waals surface area (Å²) in [7, 11) is 0. The summed E-state index contributed by atoms with van der Waals surface area (Å²) in [6, 6.07) is 0. The predicted octanol–water partition coefficient (Wildman–Crippen LogP) is 1.93. The SMILES string of the molecule is CCC(C)CN(CC)c1ncncc1N. The molecule has 2 N–H and O–H groups in total. The molecule has 1 heterocycles. The second-order valence-corrected chi connectivity index (χ2v) is 3.85. The number of nitrogens with zero attached hydrogens (tertiary/aromatic N) is 3. The van der Waals surface area contributed by atoms with E-state index in [1.807, 2.05) is 0 Å². The van der Waals surface area contributed by atoms with Gasteiger partial charge in [0.1, 0.15) is 6.33 Å². The lowest BCUT2D eigenvalue weighted by atomic mass is 10.1. The van der Waals surface area contributed by atoms with Crippen LogP contribution in [0.5, 0.6) is 0 Å². The molecule has 0 fully saturated rings. The van der Waals surface area contributed by atoms with E-state index in [0.717, 1.165) is 18.9 Å². The number of hydrogen-bond donors (Lipinski definition) is 1. The summed E-state index contributed by atoms with van der Waals surface area (Å²) in [6.45, 7) is 8.46. The summed E-state index contributed by atoms with van der Waals surface area (Å²) in [5.74, 6) is 1.51. The minimum absolute atomic E-state index is 0.652. The van der Waals surface area contributed by atoms with Gasteiger partial charge in [-0.15, -0.1) is 0 Å². The van der Waals surface area contributed by atoms with Gasteiger partial charge in [-0.05, 0) is 12.8 Å². The Labute approximate surface area is 91.5 Å². The molecule has 0 aromatic carbocycles. The first kappa shape index (κ1) is 11.8. The summed E-state index contributed by atoms with van der Waals surface area (Å²) < 4.78 is 0.